The van der Waals surface area contributed by atoms with Gasteiger partial charge >= 0.3 is 6.18 Å². The molecule has 8 nitrogen and oxygen atoms in total. The van der Waals surface area contributed by atoms with Gasteiger partial charge in [-0.3, -0.25) is 0 Å². The lowest BCUT2D eigenvalue weighted by Gasteiger charge is -2.15. The topological polar surface area (TPSA) is 104 Å². The summed E-state index contributed by atoms with van der Waals surface area (Å²) in [6.45, 7) is 3.32. The summed E-state index contributed by atoms with van der Waals surface area (Å²) in [4.78, 5) is 14.5. The maximum absolute atomic E-state index is 15.0. The molecule has 5 aromatic rings. The first kappa shape index (κ1) is 24.7. The van der Waals surface area contributed by atoms with Crippen LogP contribution in [0.1, 0.15) is 22.5 Å². The van der Waals surface area contributed by atoms with E-state index >= 15 is 4.39 Å². The largest absolute Gasteiger partial charge is 0.434 e. The third-order valence-electron chi connectivity index (χ3n) is 5.55. The number of hydrogen-bond donors (Lipinski definition) is 2. The monoisotopic (exact) mass is 525 g/mol. The number of aromatic amines is 1. The Balaban J connectivity index is 1.54. The first-order valence-electron chi connectivity index (χ1n) is 10.9. The van der Waals surface area contributed by atoms with Gasteiger partial charge in [0.15, 0.2) is 28.8 Å². The molecule has 0 spiro atoms. The van der Waals surface area contributed by atoms with Crippen LogP contribution in [0.25, 0.3) is 16.6 Å². The molecule has 0 atom stereocenters. The van der Waals surface area contributed by atoms with Crippen molar-refractivity contribution in [1.82, 2.24) is 24.5 Å². The van der Waals surface area contributed by atoms with Crippen molar-refractivity contribution in [3.63, 3.8) is 0 Å². The van der Waals surface area contributed by atoms with Gasteiger partial charge in [-0.2, -0.15) is 18.4 Å². The Morgan fingerprint density at radius 1 is 1.05 bits per heavy atom. The first-order valence-corrected chi connectivity index (χ1v) is 10.9. The van der Waals surface area contributed by atoms with E-state index in [9.17, 15) is 22.8 Å². The summed E-state index contributed by atoms with van der Waals surface area (Å²) < 4.78 is 77.3. The van der Waals surface area contributed by atoms with Gasteiger partial charge in [0.25, 0.3) is 0 Å². The summed E-state index contributed by atoms with van der Waals surface area (Å²) >= 11 is 0. The van der Waals surface area contributed by atoms with Gasteiger partial charge in [-0.15, -0.1) is 0 Å². The maximum Gasteiger partial charge on any atom is 0.416 e. The zero-order chi connectivity index (χ0) is 27.2. The van der Waals surface area contributed by atoms with Crippen LogP contribution in [0.15, 0.2) is 49.2 Å². The molecule has 0 fully saturated rings. The molecule has 3 heterocycles. The molecular weight excluding hydrogens is 509 g/mol. The number of alkyl halides is 3. The molecule has 192 valence electrons. The molecule has 0 aliphatic heterocycles. The predicted molar refractivity (Wildman–Crippen MR) is 126 cm³/mol. The zero-order valence-corrected chi connectivity index (χ0v) is 19.7. The minimum atomic E-state index is -4.67. The normalized spacial score (nSPS) is 11.5. The van der Waals surface area contributed by atoms with Crippen LogP contribution in [-0.4, -0.2) is 24.5 Å². The van der Waals surface area contributed by atoms with Gasteiger partial charge in [0.1, 0.15) is 12.4 Å². The van der Waals surface area contributed by atoms with Crippen LogP contribution in [0, 0.1) is 36.8 Å². The van der Waals surface area contributed by atoms with Crippen LogP contribution in [0.5, 0.6) is 11.6 Å². The van der Waals surface area contributed by atoms with Crippen molar-refractivity contribution >= 4 is 22.4 Å². The average Bonchev–Trinajstić information content (AvgIpc) is 3.48. The highest BCUT2D eigenvalue weighted by Crippen LogP contribution is 2.36. The van der Waals surface area contributed by atoms with Crippen LogP contribution < -0.4 is 10.1 Å². The fourth-order valence-corrected chi connectivity index (χ4v) is 3.85. The highest BCUT2D eigenvalue weighted by Gasteiger charge is 2.31. The summed E-state index contributed by atoms with van der Waals surface area (Å²) in [5.41, 5.74) is -0.129. The van der Waals surface area contributed by atoms with Crippen molar-refractivity contribution in [3.05, 3.63) is 83.3 Å². The van der Waals surface area contributed by atoms with Crippen molar-refractivity contribution in [2.45, 2.75) is 20.0 Å². The number of imidazole rings is 1. The van der Waals surface area contributed by atoms with Crippen LogP contribution in [0.4, 0.5) is 33.5 Å². The maximum atomic E-state index is 15.0. The Labute approximate surface area is 211 Å². The van der Waals surface area contributed by atoms with E-state index in [-0.39, 0.29) is 33.7 Å². The van der Waals surface area contributed by atoms with Gasteiger partial charge in [-0.25, -0.2) is 23.7 Å². The Hall–Kier alpha value is -4.99. The van der Waals surface area contributed by atoms with Crippen molar-refractivity contribution in [2.24, 2.45) is 0 Å². The van der Waals surface area contributed by atoms with Gasteiger partial charge in [-0.1, -0.05) is 0 Å². The van der Waals surface area contributed by atoms with E-state index in [0.717, 1.165) is 24.5 Å². The number of nitriles is 1. The number of anilines is 2. The molecular formula is C25H16F5N7O. The number of ether oxygens (including phenoxy) is 1. The molecule has 0 saturated carbocycles. The van der Waals surface area contributed by atoms with E-state index < -0.39 is 35.0 Å². The second-order valence-electron chi connectivity index (χ2n) is 8.34. The Bertz CT molecular complexity index is 1730. The molecule has 0 aliphatic rings. The van der Waals surface area contributed by atoms with E-state index in [1.54, 1.807) is 26.1 Å². The Morgan fingerprint density at radius 3 is 2.53 bits per heavy atom. The van der Waals surface area contributed by atoms with E-state index in [0.29, 0.717) is 11.4 Å². The lowest BCUT2D eigenvalue weighted by molar-refractivity contribution is -0.137. The second kappa shape index (κ2) is 9.15. The summed E-state index contributed by atoms with van der Waals surface area (Å²) in [7, 11) is 0. The summed E-state index contributed by atoms with van der Waals surface area (Å²) in [6.07, 6.45) is -0.786. The molecule has 13 heteroatoms. The molecule has 3 aromatic heterocycles. The number of rotatable bonds is 5. The molecule has 38 heavy (non-hydrogen) atoms. The number of H-pyrrole nitrogens is 1. The third-order valence-corrected chi connectivity index (χ3v) is 5.55. The van der Waals surface area contributed by atoms with E-state index in [1.165, 1.54) is 23.0 Å². The van der Waals surface area contributed by atoms with E-state index in [1.807, 2.05) is 0 Å². The van der Waals surface area contributed by atoms with Crippen molar-refractivity contribution in [2.75, 3.05) is 5.32 Å². The molecule has 0 aliphatic carbocycles. The zero-order valence-electron chi connectivity index (χ0n) is 19.7. The second-order valence-corrected chi connectivity index (χ2v) is 8.34. The molecule has 0 bridgehead atoms. The van der Waals surface area contributed by atoms with Crippen molar-refractivity contribution in [1.29, 1.82) is 5.26 Å². The number of fused-ring (bicyclic) bond motifs is 1. The van der Waals surface area contributed by atoms with E-state index in [4.69, 9.17) is 4.74 Å². The van der Waals surface area contributed by atoms with Gasteiger partial charge in [0.05, 0.1) is 23.1 Å². The van der Waals surface area contributed by atoms with E-state index in [2.05, 4.69) is 25.3 Å². The smallest absolute Gasteiger partial charge is 0.416 e. The SMILES string of the molecule is Cc1cn(-c2cc(Nc3ncnc(Oc4cc(F)c5[nH]c(C)cc5c4F)c3C#N)cc(C(F)(F)F)c2)cn1. The number of nitrogens with zero attached hydrogens (tertiary/aromatic N) is 5. The summed E-state index contributed by atoms with van der Waals surface area (Å²) in [5.74, 6) is -2.84. The molecule has 2 aromatic carbocycles. The van der Waals surface area contributed by atoms with Gasteiger partial charge in [-0.05, 0) is 38.1 Å². The molecule has 0 radical (unpaired) electrons. The number of hydrogen-bond acceptors (Lipinski definition) is 6. The minimum absolute atomic E-state index is 0.0497. The highest BCUT2D eigenvalue weighted by atomic mass is 19.4. The van der Waals surface area contributed by atoms with Gasteiger partial charge in [0, 0.05) is 34.7 Å². The van der Waals surface area contributed by atoms with Crippen LogP contribution in [-0.2, 0) is 6.18 Å². The lowest BCUT2D eigenvalue weighted by Crippen LogP contribution is -2.08. The van der Waals surface area contributed by atoms with Crippen LogP contribution in [0.3, 0.4) is 0 Å². The lowest BCUT2D eigenvalue weighted by atomic mass is 10.1. The number of aromatic nitrogens is 5. The Morgan fingerprint density at radius 2 is 1.84 bits per heavy atom. The fraction of sp³-hybridized carbons (Fsp3) is 0.120. The van der Waals surface area contributed by atoms with Crippen LogP contribution >= 0.6 is 0 Å². The molecule has 5 rings (SSSR count). The summed E-state index contributed by atoms with van der Waals surface area (Å²) in [5, 5.41) is 12.4. The molecule has 0 amide bonds. The number of benzene rings is 2. The highest BCUT2D eigenvalue weighted by molar-refractivity contribution is 5.83. The Kier molecular flexibility index (Phi) is 5.94. The number of nitrogens with one attached hydrogen (secondary N) is 2. The molecule has 2 N–H and O–H groups in total. The van der Waals surface area contributed by atoms with Gasteiger partial charge in [0.2, 0.25) is 5.88 Å². The first-order chi connectivity index (χ1) is 18.0. The van der Waals surface area contributed by atoms with Crippen LogP contribution in [0.2, 0.25) is 0 Å². The predicted octanol–water partition coefficient (Wildman–Crippen LogP) is 6.47. The van der Waals surface area contributed by atoms with Crippen molar-refractivity contribution < 1.29 is 26.7 Å². The third kappa shape index (κ3) is 4.59. The average molecular weight is 525 g/mol. The summed E-state index contributed by atoms with van der Waals surface area (Å²) in [6, 6.07) is 7.19. The number of aryl methyl sites for hydroxylation is 2. The van der Waals surface area contributed by atoms with Crippen molar-refractivity contribution in [3.8, 4) is 23.4 Å². The molecule has 0 saturated heterocycles. The van der Waals surface area contributed by atoms with Gasteiger partial charge < -0.3 is 19.6 Å². The quantitative estimate of drug-likeness (QED) is 0.255. The minimum Gasteiger partial charge on any atom is -0.434 e. The molecule has 0 unspecified atom stereocenters. The fourth-order valence-electron chi connectivity index (χ4n) is 3.85. The standard InChI is InChI=1S/C25H16F5N7O/c1-12-3-17-21(27)20(7-19(26)22(17)35-12)38-24-18(8-31)23(32-10-33-24)36-15-4-14(25(28,29)30)5-16(6-15)37-9-13(2)34-11-37/h3-7,9-11,35H,1-2H3,(H,32,33,36). The number of halogens is 5.